The van der Waals surface area contributed by atoms with Crippen LogP contribution in [0, 0.1) is 0 Å². The maximum atomic E-state index is 11.7. The number of rotatable bonds is 6. The van der Waals surface area contributed by atoms with Crippen LogP contribution >= 0.6 is 0 Å². The zero-order valence-electron chi connectivity index (χ0n) is 12.4. The van der Waals surface area contributed by atoms with Crippen LogP contribution in [0.2, 0.25) is 0 Å². The van der Waals surface area contributed by atoms with Crippen molar-refractivity contribution in [1.29, 1.82) is 0 Å². The average Bonchev–Trinajstić information content (AvgIpc) is 2.35. The van der Waals surface area contributed by atoms with Crippen molar-refractivity contribution in [2.24, 2.45) is 5.73 Å². The summed E-state index contributed by atoms with van der Waals surface area (Å²) >= 11 is 0. The topological polar surface area (TPSA) is 52.3 Å². The van der Waals surface area contributed by atoms with E-state index in [0.717, 1.165) is 5.56 Å². The fraction of sp³-hybridized carbons (Fsp3) is 0.562. The largest absolute Gasteiger partial charge is 0.426 e. The first kappa shape index (κ1) is 15.7. The molecule has 19 heavy (non-hydrogen) atoms. The normalized spacial score (nSPS) is 11.1. The van der Waals surface area contributed by atoms with Gasteiger partial charge in [0.15, 0.2) is 0 Å². The third-order valence-corrected chi connectivity index (χ3v) is 3.11. The molecule has 0 aliphatic rings. The summed E-state index contributed by atoms with van der Waals surface area (Å²) in [5, 5.41) is 0. The lowest BCUT2D eigenvalue weighted by atomic mass is 9.90. The molecule has 0 aromatic heterocycles. The Hall–Kier alpha value is -1.35. The van der Waals surface area contributed by atoms with Crippen molar-refractivity contribution in [3.05, 3.63) is 29.3 Å². The van der Waals surface area contributed by atoms with Crippen molar-refractivity contribution in [2.45, 2.75) is 52.4 Å². The van der Waals surface area contributed by atoms with Gasteiger partial charge in [0.2, 0.25) is 0 Å². The van der Waals surface area contributed by atoms with Crippen LogP contribution < -0.4 is 10.5 Å². The van der Waals surface area contributed by atoms with Crippen LogP contribution in [0.25, 0.3) is 0 Å². The Kier molecular flexibility index (Phi) is 6.03. The second kappa shape index (κ2) is 7.29. The van der Waals surface area contributed by atoms with Gasteiger partial charge < -0.3 is 10.5 Å². The Morgan fingerprint density at radius 1 is 1.21 bits per heavy atom. The molecule has 1 rings (SSSR count). The van der Waals surface area contributed by atoms with Gasteiger partial charge in [0.25, 0.3) is 0 Å². The SMILES string of the molecule is CC(C)c1cccc(OC(=O)CCCN)c1C(C)C. The molecule has 1 aromatic rings. The van der Waals surface area contributed by atoms with Crippen LogP contribution in [0.15, 0.2) is 18.2 Å². The molecule has 0 heterocycles. The van der Waals surface area contributed by atoms with E-state index in [1.165, 1.54) is 5.56 Å². The van der Waals surface area contributed by atoms with E-state index in [1.807, 2.05) is 12.1 Å². The minimum atomic E-state index is -0.201. The minimum absolute atomic E-state index is 0.201. The summed E-state index contributed by atoms with van der Waals surface area (Å²) in [7, 11) is 0. The molecule has 0 aliphatic carbocycles. The summed E-state index contributed by atoms with van der Waals surface area (Å²) in [6.45, 7) is 9.07. The molecule has 0 bridgehead atoms. The van der Waals surface area contributed by atoms with Crippen LogP contribution in [0.4, 0.5) is 0 Å². The summed E-state index contributed by atoms with van der Waals surface area (Å²) < 4.78 is 5.51. The van der Waals surface area contributed by atoms with Crippen LogP contribution in [0.3, 0.4) is 0 Å². The standard InChI is InChI=1S/C16H25NO2/c1-11(2)13-7-5-8-14(16(13)12(3)4)19-15(18)9-6-10-17/h5,7-8,11-12H,6,9-10,17H2,1-4H3. The molecule has 0 radical (unpaired) electrons. The first-order chi connectivity index (χ1) is 8.97. The van der Waals surface area contributed by atoms with Gasteiger partial charge in [-0.1, -0.05) is 39.8 Å². The molecular formula is C16H25NO2. The van der Waals surface area contributed by atoms with Gasteiger partial charge in [-0.2, -0.15) is 0 Å². The van der Waals surface area contributed by atoms with Crippen molar-refractivity contribution >= 4 is 5.97 Å². The summed E-state index contributed by atoms with van der Waals surface area (Å²) in [5.74, 6) is 1.24. The van der Waals surface area contributed by atoms with E-state index < -0.39 is 0 Å². The summed E-state index contributed by atoms with van der Waals surface area (Å²) in [4.78, 5) is 11.7. The van der Waals surface area contributed by atoms with Crippen molar-refractivity contribution in [3.8, 4) is 5.75 Å². The smallest absolute Gasteiger partial charge is 0.311 e. The summed E-state index contributed by atoms with van der Waals surface area (Å²) in [6, 6.07) is 5.94. The summed E-state index contributed by atoms with van der Waals surface area (Å²) in [6.07, 6.45) is 1.04. The molecule has 0 amide bonds. The second-order valence-electron chi connectivity index (χ2n) is 5.43. The molecule has 1 aromatic carbocycles. The zero-order chi connectivity index (χ0) is 14.4. The zero-order valence-corrected chi connectivity index (χ0v) is 12.4. The minimum Gasteiger partial charge on any atom is -0.426 e. The lowest BCUT2D eigenvalue weighted by Gasteiger charge is -2.19. The molecular weight excluding hydrogens is 238 g/mol. The molecule has 0 saturated carbocycles. The number of esters is 1. The fourth-order valence-electron chi connectivity index (χ4n) is 2.19. The molecule has 0 unspecified atom stereocenters. The molecule has 0 fully saturated rings. The highest BCUT2D eigenvalue weighted by Gasteiger charge is 2.17. The van der Waals surface area contributed by atoms with Gasteiger partial charge >= 0.3 is 5.97 Å². The Morgan fingerprint density at radius 2 is 1.89 bits per heavy atom. The first-order valence-electron chi connectivity index (χ1n) is 7.00. The number of ether oxygens (including phenoxy) is 1. The van der Waals surface area contributed by atoms with E-state index in [2.05, 4.69) is 33.8 Å². The monoisotopic (exact) mass is 263 g/mol. The van der Waals surface area contributed by atoms with Crippen LogP contribution in [-0.4, -0.2) is 12.5 Å². The van der Waals surface area contributed by atoms with E-state index in [-0.39, 0.29) is 5.97 Å². The van der Waals surface area contributed by atoms with Gasteiger partial charge in [0.1, 0.15) is 5.75 Å². The van der Waals surface area contributed by atoms with Gasteiger partial charge in [0, 0.05) is 12.0 Å². The lowest BCUT2D eigenvalue weighted by Crippen LogP contribution is -2.13. The fourth-order valence-corrected chi connectivity index (χ4v) is 2.19. The van der Waals surface area contributed by atoms with E-state index in [4.69, 9.17) is 10.5 Å². The summed E-state index contributed by atoms with van der Waals surface area (Å²) in [5.41, 5.74) is 7.79. The first-order valence-corrected chi connectivity index (χ1v) is 7.00. The van der Waals surface area contributed by atoms with Gasteiger partial charge in [-0.05, 0) is 36.4 Å². The number of hydrogen-bond donors (Lipinski definition) is 1. The molecule has 3 heteroatoms. The molecule has 0 aliphatic heterocycles. The maximum Gasteiger partial charge on any atom is 0.311 e. The number of hydrogen-bond acceptors (Lipinski definition) is 3. The molecule has 0 saturated heterocycles. The van der Waals surface area contributed by atoms with E-state index in [1.54, 1.807) is 0 Å². The van der Waals surface area contributed by atoms with E-state index in [0.29, 0.717) is 37.0 Å². The van der Waals surface area contributed by atoms with Crippen molar-refractivity contribution in [1.82, 2.24) is 0 Å². The van der Waals surface area contributed by atoms with Crippen LogP contribution in [0.1, 0.15) is 63.5 Å². The van der Waals surface area contributed by atoms with Crippen molar-refractivity contribution in [2.75, 3.05) is 6.54 Å². The van der Waals surface area contributed by atoms with E-state index in [9.17, 15) is 4.79 Å². The van der Waals surface area contributed by atoms with Gasteiger partial charge in [-0.25, -0.2) is 0 Å². The number of nitrogens with two attached hydrogens (primary N) is 1. The average molecular weight is 263 g/mol. The number of carbonyl (C=O) groups excluding carboxylic acids is 1. The highest BCUT2D eigenvalue weighted by atomic mass is 16.5. The number of carbonyl (C=O) groups is 1. The third-order valence-electron chi connectivity index (χ3n) is 3.11. The number of benzene rings is 1. The quantitative estimate of drug-likeness (QED) is 0.630. The van der Waals surface area contributed by atoms with Gasteiger partial charge in [-0.3, -0.25) is 4.79 Å². The Morgan fingerprint density at radius 3 is 2.42 bits per heavy atom. The molecule has 106 valence electrons. The van der Waals surface area contributed by atoms with Crippen molar-refractivity contribution < 1.29 is 9.53 Å². The van der Waals surface area contributed by atoms with Gasteiger partial charge in [0.05, 0.1) is 0 Å². The highest BCUT2D eigenvalue weighted by Crippen LogP contribution is 2.34. The second-order valence-corrected chi connectivity index (χ2v) is 5.43. The van der Waals surface area contributed by atoms with Crippen molar-refractivity contribution in [3.63, 3.8) is 0 Å². The Labute approximate surface area is 116 Å². The maximum absolute atomic E-state index is 11.7. The van der Waals surface area contributed by atoms with E-state index >= 15 is 0 Å². The highest BCUT2D eigenvalue weighted by molar-refractivity contribution is 5.73. The predicted octanol–water partition coefficient (Wildman–Crippen LogP) is 3.58. The third kappa shape index (κ3) is 4.35. The Bertz CT molecular complexity index is 425. The van der Waals surface area contributed by atoms with Crippen LogP contribution in [-0.2, 0) is 4.79 Å². The Balaban J connectivity index is 3.00. The lowest BCUT2D eigenvalue weighted by molar-refractivity contribution is -0.134. The molecule has 0 spiro atoms. The molecule has 2 N–H and O–H groups in total. The van der Waals surface area contributed by atoms with Gasteiger partial charge in [-0.15, -0.1) is 0 Å². The molecule has 3 nitrogen and oxygen atoms in total. The predicted molar refractivity (Wildman–Crippen MR) is 78.5 cm³/mol. The van der Waals surface area contributed by atoms with Crippen LogP contribution in [0.5, 0.6) is 5.75 Å². The molecule has 0 atom stereocenters.